The number of halogens is 1. The lowest BCUT2D eigenvalue weighted by atomic mass is 9.99. The van der Waals surface area contributed by atoms with Crippen LogP contribution in [0, 0.1) is 0 Å². The Morgan fingerprint density at radius 1 is 1.50 bits per heavy atom. The van der Waals surface area contributed by atoms with E-state index in [9.17, 15) is 0 Å². The average Bonchev–Trinajstić information content (AvgIpc) is 2.62. The Labute approximate surface area is 103 Å². The quantitative estimate of drug-likeness (QED) is 0.709. The second-order valence-corrected chi connectivity index (χ2v) is 5.41. The van der Waals surface area contributed by atoms with Crippen molar-refractivity contribution in [1.29, 1.82) is 0 Å². The van der Waals surface area contributed by atoms with E-state index in [0.29, 0.717) is 5.92 Å². The van der Waals surface area contributed by atoms with Gasteiger partial charge < -0.3 is 0 Å². The van der Waals surface area contributed by atoms with Crippen LogP contribution in [0.4, 0.5) is 0 Å². The number of hydrogen-bond donors (Lipinski definition) is 0. The van der Waals surface area contributed by atoms with Crippen molar-refractivity contribution in [1.82, 2.24) is 9.78 Å². The van der Waals surface area contributed by atoms with Gasteiger partial charge in [-0.3, -0.25) is 4.68 Å². The summed E-state index contributed by atoms with van der Waals surface area (Å²) >= 11 is 3.60. The zero-order valence-electron chi connectivity index (χ0n) is 9.37. The van der Waals surface area contributed by atoms with E-state index in [1.807, 2.05) is 11.7 Å². The van der Waals surface area contributed by atoms with Gasteiger partial charge >= 0.3 is 0 Å². The van der Waals surface area contributed by atoms with Crippen LogP contribution in [0.1, 0.15) is 30.5 Å². The standard InChI is InChI=1S/C13H13BrN2/c1-8-11-6-9(14)4-3-5-10(11)13-12(8)7-16(2)15-13/h3,5-8H,4H2,1-2H3. The van der Waals surface area contributed by atoms with Gasteiger partial charge in [-0.25, -0.2) is 0 Å². The molecule has 1 aromatic heterocycles. The molecule has 0 saturated carbocycles. The Morgan fingerprint density at radius 2 is 2.31 bits per heavy atom. The Hall–Kier alpha value is -1.09. The minimum absolute atomic E-state index is 0.453. The first kappa shape index (κ1) is 10.1. The molecule has 2 nitrogen and oxygen atoms in total. The molecular formula is C13H13BrN2. The summed E-state index contributed by atoms with van der Waals surface area (Å²) in [6, 6.07) is 0. The third kappa shape index (κ3) is 1.34. The van der Waals surface area contributed by atoms with Gasteiger partial charge in [0.25, 0.3) is 0 Å². The second-order valence-electron chi connectivity index (χ2n) is 4.40. The van der Waals surface area contributed by atoms with Crippen LogP contribution in [-0.2, 0) is 7.05 Å². The van der Waals surface area contributed by atoms with Crippen LogP contribution in [0.25, 0.3) is 5.57 Å². The molecule has 0 aromatic carbocycles. The normalized spacial score (nSPS) is 22.9. The fourth-order valence-electron chi connectivity index (χ4n) is 2.47. The van der Waals surface area contributed by atoms with Crippen LogP contribution in [0.5, 0.6) is 0 Å². The highest BCUT2D eigenvalue weighted by atomic mass is 79.9. The van der Waals surface area contributed by atoms with Crippen molar-refractivity contribution in [3.63, 3.8) is 0 Å². The van der Waals surface area contributed by atoms with E-state index in [1.165, 1.54) is 21.2 Å². The first-order valence-corrected chi connectivity index (χ1v) is 6.27. The Bertz CT molecular complexity index is 546. The van der Waals surface area contributed by atoms with E-state index >= 15 is 0 Å². The third-order valence-corrected chi connectivity index (χ3v) is 3.82. The van der Waals surface area contributed by atoms with E-state index in [-0.39, 0.29) is 0 Å². The van der Waals surface area contributed by atoms with Crippen LogP contribution >= 0.6 is 15.9 Å². The lowest BCUT2D eigenvalue weighted by Gasteiger charge is -2.06. The first-order valence-electron chi connectivity index (χ1n) is 5.47. The zero-order chi connectivity index (χ0) is 11.3. The van der Waals surface area contributed by atoms with Crippen LogP contribution < -0.4 is 0 Å². The molecule has 2 aliphatic rings. The topological polar surface area (TPSA) is 17.8 Å². The van der Waals surface area contributed by atoms with Crippen molar-refractivity contribution in [3.8, 4) is 0 Å². The maximum absolute atomic E-state index is 4.56. The number of hydrogen-bond acceptors (Lipinski definition) is 1. The van der Waals surface area contributed by atoms with E-state index in [1.54, 1.807) is 0 Å². The van der Waals surface area contributed by atoms with Gasteiger partial charge in [-0.15, -0.1) is 0 Å². The molecule has 1 atom stereocenters. The number of aromatic nitrogens is 2. The molecule has 0 amide bonds. The smallest absolute Gasteiger partial charge is 0.0964 e. The highest BCUT2D eigenvalue weighted by Gasteiger charge is 2.29. The molecule has 1 unspecified atom stereocenters. The summed E-state index contributed by atoms with van der Waals surface area (Å²) in [6.07, 6.45) is 9.75. The lowest BCUT2D eigenvalue weighted by molar-refractivity contribution is 0.760. The van der Waals surface area contributed by atoms with Crippen molar-refractivity contribution in [2.24, 2.45) is 7.05 Å². The van der Waals surface area contributed by atoms with Gasteiger partial charge in [0, 0.05) is 30.3 Å². The summed E-state index contributed by atoms with van der Waals surface area (Å²) < 4.78 is 3.15. The van der Waals surface area contributed by atoms with Crippen molar-refractivity contribution < 1.29 is 0 Å². The summed E-state index contributed by atoms with van der Waals surface area (Å²) in [6.45, 7) is 2.25. The highest BCUT2D eigenvalue weighted by molar-refractivity contribution is 9.11. The number of aryl methyl sites for hydroxylation is 1. The van der Waals surface area contributed by atoms with E-state index in [0.717, 1.165) is 12.1 Å². The van der Waals surface area contributed by atoms with Crippen LogP contribution in [0.3, 0.4) is 0 Å². The largest absolute Gasteiger partial charge is 0.275 e. The number of allylic oxidation sites excluding steroid dienone is 6. The van der Waals surface area contributed by atoms with E-state index in [2.05, 4.69) is 52.4 Å². The van der Waals surface area contributed by atoms with Gasteiger partial charge in [0.15, 0.2) is 0 Å². The average molecular weight is 277 g/mol. The maximum atomic E-state index is 4.56. The molecule has 0 N–H and O–H groups in total. The van der Waals surface area contributed by atoms with Crippen LogP contribution in [0.15, 0.2) is 34.5 Å². The molecule has 82 valence electrons. The Kier molecular flexibility index (Phi) is 2.18. The minimum Gasteiger partial charge on any atom is -0.275 e. The fraction of sp³-hybridized carbons (Fsp3) is 0.308. The van der Waals surface area contributed by atoms with Gasteiger partial charge in [-0.1, -0.05) is 35.0 Å². The maximum Gasteiger partial charge on any atom is 0.0964 e. The second kappa shape index (κ2) is 3.45. The summed E-state index contributed by atoms with van der Waals surface area (Å²) in [5, 5.41) is 4.56. The highest BCUT2D eigenvalue weighted by Crippen LogP contribution is 2.44. The first-order chi connectivity index (χ1) is 7.66. The van der Waals surface area contributed by atoms with Crippen molar-refractivity contribution in [2.75, 3.05) is 0 Å². The van der Waals surface area contributed by atoms with Crippen LogP contribution in [-0.4, -0.2) is 9.78 Å². The van der Waals surface area contributed by atoms with E-state index in [4.69, 9.17) is 0 Å². The van der Waals surface area contributed by atoms with Gasteiger partial charge in [-0.05, 0) is 22.6 Å². The van der Waals surface area contributed by atoms with Gasteiger partial charge in [0.05, 0.1) is 5.69 Å². The summed E-state index contributed by atoms with van der Waals surface area (Å²) in [7, 11) is 1.98. The summed E-state index contributed by atoms with van der Waals surface area (Å²) in [5.41, 5.74) is 5.17. The minimum atomic E-state index is 0.453. The third-order valence-electron chi connectivity index (χ3n) is 3.27. The lowest BCUT2D eigenvalue weighted by Crippen LogP contribution is -1.93. The van der Waals surface area contributed by atoms with Gasteiger partial charge in [-0.2, -0.15) is 5.10 Å². The fourth-order valence-corrected chi connectivity index (χ4v) is 2.90. The molecule has 0 fully saturated rings. The number of rotatable bonds is 0. The summed E-state index contributed by atoms with van der Waals surface area (Å²) in [5.74, 6) is 0.453. The molecule has 2 aliphatic carbocycles. The molecule has 0 spiro atoms. The Morgan fingerprint density at radius 3 is 3.12 bits per heavy atom. The molecule has 3 rings (SSSR count). The van der Waals surface area contributed by atoms with E-state index < -0.39 is 0 Å². The van der Waals surface area contributed by atoms with Gasteiger partial charge in [0.2, 0.25) is 0 Å². The predicted molar refractivity (Wildman–Crippen MR) is 69.3 cm³/mol. The van der Waals surface area contributed by atoms with Crippen LogP contribution in [0.2, 0.25) is 0 Å². The Balaban J connectivity index is 2.23. The molecule has 3 heteroatoms. The molecule has 0 bridgehead atoms. The van der Waals surface area contributed by atoms with Crippen molar-refractivity contribution in [2.45, 2.75) is 19.3 Å². The molecule has 1 aromatic rings. The van der Waals surface area contributed by atoms with Crippen molar-refractivity contribution in [3.05, 3.63) is 45.7 Å². The number of nitrogens with zero attached hydrogens (tertiary/aromatic N) is 2. The molecule has 0 radical (unpaired) electrons. The SMILES string of the molecule is CC1C2=C(C=CCC(Br)=C2)c2nn(C)cc21. The van der Waals surface area contributed by atoms with Crippen molar-refractivity contribution >= 4 is 21.5 Å². The molecule has 16 heavy (non-hydrogen) atoms. The molecular weight excluding hydrogens is 264 g/mol. The van der Waals surface area contributed by atoms with Gasteiger partial charge in [0.1, 0.15) is 0 Å². The number of fused-ring (bicyclic) bond motifs is 2. The molecule has 0 aliphatic heterocycles. The summed E-state index contributed by atoms with van der Waals surface area (Å²) in [4.78, 5) is 0. The molecule has 1 heterocycles. The zero-order valence-corrected chi connectivity index (χ0v) is 11.0. The predicted octanol–water partition coefficient (Wildman–Crippen LogP) is 3.53. The molecule has 0 saturated heterocycles. The monoisotopic (exact) mass is 276 g/mol.